The van der Waals surface area contributed by atoms with Crippen LogP contribution in [0.25, 0.3) is 0 Å². The highest BCUT2D eigenvalue weighted by molar-refractivity contribution is 4.64. The van der Waals surface area contributed by atoms with Gasteiger partial charge in [-0.15, -0.1) is 0 Å². The molecule has 1 aliphatic carbocycles. The van der Waals surface area contributed by atoms with Crippen molar-refractivity contribution in [2.75, 3.05) is 26.2 Å². The van der Waals surface area contributed by atoms with E-state index >= 15 is 0 Å². The fourth-order valence-corrected chi connectivity index (χ4v) is 3.59. The van der Waals surface area contributed by atoms with Crippen LogP contribution in [0.15, 0.2) is 0 Å². The molecule has 0 aromatic carbocycles. The zero-order valence-electron chi connectivity index (χ0n) is 11.2. The number of quaternary nitrogens is 2. The molecule has 1 atom stereocenters. The second-order valence-electron chi connectivity index (χ2n) is 5.96. The summed E-state index contributed by atoms with van der Waals surface area (Å²) in [5.74, 6) is 0. The van der Waals surface area contributed by atoms with Crippen molar-refractivity contribution in [3.05, 3.63) is 0 Å². The van der Waals surface area contributed by atoms with Crippen molar-refractivity contribution in [1.82, 2.24) is 0 Å². The minimum absolute atomic E-state index is 0.882. The van der Waals surface area contributed by atoms with Crippen molar-refractivity contribution in [3.63, 3.8) is 0 Å². The predicted molar refractivity (Wildman–Crippen MR) is 68.0 cm³/mol. The standard InChI is InChI=1S/C14H28N2/c1-3-13(2)15-9-11-16(12-10-15)14-7-5-4-6-8-14/h13-14H,3-12H2,1-2H3/p+2/t13-/m1/s1. The summed E-state index contributed by atoms with van der Waals surface area (Å²) in [4.78, 5) is 3.80. The van der Waals surface area contributed by atoms with E-state index in [4.69, 9.17) is 0 Å². The number of piperazine rings is 1. The zero-order valence-corrected chi connectivity index (χ0v) is 11.2. The van der Waals surface area contributed by atoms with Crippen molar-refractivity contribution in [2.45, 2.75) is 64.5 Å². The van der Waals surface area contributed by atoms with Gasteiger partial charge in [0.05, 0.1) is 12.1 Å². The quantitative estimate of drug-likeness (QED) is 0.665. The molecule has 16 heavy (non-hydrogen) atoms. The molecule has 2 heteroatoms. The largest absolute Gasteiger partial charge is 0.323 e. The molecular formula is C14H30N2+2. The van der Waals surface area contributed by atoms with Gasteiger partial charge in [-0.2, -0.15) is 0 Å². The Bertz CT molecular complexity index is 191. The van der Waals surface area contributed by atoms with E-state index in [9.17, 15) is 0 Å². The van der Waals surface area contributed by atoms with Crippen molar-refractivity contribution in [2.24, 2.45) is 0 Å². The first kappa shape index (κ1) is 12.4. The highest BCUT2D eigenvalue weighted by Gasteiger charge is 2.31. The van der Waals surface area contributed by atoms with Crippen molar-refractivity contribution in [1.29, 1.82) is 0 Å². The van der Waals surface area contributed by atoms with Gasteiger partial charge >= 0.3 is 0 Å². The molecule has 0 spiro atoms. The molecule has 94 valence electrons. The van der Waals surface area contributed by atoms with E-state index in [1.807, 2.05) is 9.80 Å². The molecule has 2 rings (SSSR count). The van der Waals surface area contributed by atoms with Gasteiger partial charge in [-0.3, -0.25) is 0 Å². The molecule has 0 amide bonds. The lowest BCUT2D eigenvalue weighted by Crippen LogP contribution is -3.30. The number of rotatable bonds is 3. The Kier molecular flexibility index (Phi) is 4.66. The third kappa shape index (κ3) is 2.98. The lowest BCUT2D eigenvalue weighted by Gasteiger charge is -2.37. The van der Waals surface area contributed by atoms with Gasteiger partial charge in [0, 0.05) is 0 Å². The van der Waals surface area contributed by atoms with Crippen LogP contribution in [0.3, 0.4) is 0 Å². The second kappa shape index (κ2) is 6.02. The molecule has 2 fully saturated rings. The Hall–Kier alpha value is -0.0800. The van der Waals surface area contributed by atoms with Crippen LogP contribution in [0.4, 0.5) is 0 Å². The Labute approximate surface area is 101 Å². The fraction of sp³-hybridized carbons (Fsp3) is 1.00. The lowest BCUT2D eigenvalue weighted by atomic mass is 9.93. The molecule has 1 heterocycles. The Morgan fingerprint density at radius 2 is 1.62 bits per heavy atom. The predicted octanol–water partition coefficient (Wildman–Crippen LogP) is -0.0990. The van der Waals surface area contributed by atoms with Crippen LogP contribution >= 0.6 is 0 Å². The van der Waals surface area contributed by atoms with Gasteiger partial charge in [-0.05, 0) is 39.0 Å². The van der Waals surface area contributed by atoms with Crippen LogP contribution in [0.2, 0.25) is 0 Å². The van der Waals surface area contributed by atoms with E-state index in [1.54, 1.807) is 0 Å². The summed E-state index contributed by atoms with van der Waals surface area (Å²) in [6.07, 6.45) is 8.84. The maximum absolute atomic E-state index is 2.42. The molecule has 1 saturated carbocycles. The first-order valence-corrected chi connectivity index (χ1v) is 7.50. The zero-order chi connectivity index (χ0) is 11.4. The van der Waals surface area contributed by atoms with Crippen LogP contribution in [0.1, 0.15) is 52.4 Å². The van der Waals surface area contributed by atoms with Gasteiger partial charge < -0.3 is 9.80 Å². The minimum atomic E-state index is 0.882. The van der Waals surface area contributed by atoms with Crippen molar-refractivity contribution >= 4 is 0 Å². The molecule has 0 radical (unpaired) electrons. The molecular weight excluding hydrogens is 196 g/mol. The molecule has 0 aromatic rings. The highest BCUT2D eigenvalue weighted by atomic mass is 15.3. The van der Waals surface area contributed by atoms with Gasteiger partial charge in [0.25, 0.3) is 0 Å². The van der Waals surface area contributed by atoms with Crippen LogP contribution in [-0.4, -0.2) is 38.3 Å². The topological polar surface area (TPSA) is 8.88 Å². The van der Waals surface area contributed by atoms with Gasteiger partial charge in [0.15, 0.2) is 0 Å². The average molecular weight is 226 g/mol. The maximum atomic E-state index is 2.42. The number of hydrogen-bond acceptors (Lipinski definition) is 0. The normalized spacial score (nSPS) is 34.9. The summed E-state index contributed by atoms with van der Waals surface area (Å²) in [5, 5.41) is 0. The maximum Gasteiger partial charge on any atom is 0.127 e. The third-order valence-electron chi connectivity index (χ3n) is 5.03. The van der Waals surface area contributed by atoms with Crippen LogP contribution in [0.5, 0.6) is 0 Å². The summed E-state index contributed by atoms with van der Waals surface area (Å²) in [7, 11) is 0. The van der Waals surface area contributed by atoms with Gasteiger partial charge in [-0.1, -0.05) is 13.3 Å². The Morgan fingerprint density at radius 1 is 1.00 bits per heavy atom. The summed E-state index contributed by atoms with van der Waals surface area (Å²) in [6.45, 7) is 10.5. The molecule has 0 unspecified atom stereocenters. The van der Waals surface area contributed by atoms with Crippen LogP contribution in [-0.2, 0) is 0 Å². The third-order valence-corrected chi connectivity index (χ3v) is 5.03. The molecule has 0 bridgehead atoms. The lowest BCUT2D eigenvalue weighted by molar-refractivity contribution is -1.03. The second-order valence-corrected chi connectivity index (χ2v) is 5.96. The van der Waals surface area contributed by atoms with Gasteiger partial charge in [0.1, 0.15) is 26.2 Å². The first-order chi connectivity index (χ1) is 7.81. The monoisotopic (exact) mass is 226 g/mol. The smallest absolute Gasteiger partial charge is 0.127 e. The van der Waals surface area contributed by atoms with E-state index in [2.05, 4.69) is 13.8 Å². The summed E-state index contributed by atoms with van der Waals surface area (Å²) >= 11 is 0. The highest BCUT2D eigenvalue weighted by Crippen LogP contribution is 2.15. The van der Waals surface area contributed by atoms with Gasteiger partial charge in [-0.25, -0.2) is 0 Å². The molecule has 1 saturated heterocycles. The molecule has 0 aromatic heterocycles. The van der Waals surface area contributed by atoms with E-state index in [1.165, 1.54) is 64.7 Å². The summed E-state index contributed by atoms with van der Waals surface area (Å²) < 4.78 is 0. The summed E-state index contributed by atoms with van der Waals surface area (Å²) in [5.41, 5.74) is 0. The van der Waals surface area contributed by atoms with Crippen LogP contribution in [0, 0.1) is 0 Å². The van der Waals surface area contributed by atoms with E-state index < -0.39 is 0 Å². The first-order valence-electron chi connectivity index (χ1n) is 7.50. The number of hydrogen-bond donors (Lipinski definition) is 2. The van der Waals surface area contributed by atoms with Crippen LogP contribution < -0.4 is 9.80 Å². The molecule has 2 nitrogen and oxygen atoms in total. The van der Waals surface area contributed by atoms with E-state index in [0.29, 0.717) is 0 Å². The Morgan fingerprint density at radius 3 is 2.19 bits per heavy atom. The van der Waals surface area contributed by atoms with E-state index in [-0.39, 0.29) is 0 Å². The van der Waals surface area contributed by atoms with Crippen molar-refractivity contribution in [3.8, 4) is 0 Å². The van der Waals surface area contributed by atoms with Crippen molar-refractivity contribution < 1.29 is 9.80 Å². The Balaban J connectivity index is 1.75. The molecule has 2 N–H and O–H groups in total. The minimum Gasteiger partial charge on any atom is -0.323 e. The fourth-order valence-electron chi connectivity index (χ4n) is 3.59. The van der Waals surface area contributed by atoms with E-state index in [0.717, 1.165) is 12.1 Å². The average Bonchev–Trinajstić information content (AvgIpc) is 2.39. The SMILES string of the molecule is CC[C@@H](C)[NH+]1CC[NH+](C2CCCCC2)CC1. The van der Waals surface area contributed by atoms with Gasteiger partial charge in [0.2, 0.25) is 0 Å². The molecule has 1 aliphatic heterocycles. The molecule has 2 aliphatic rings. The summed E-state index contributed by atoms with van der Waals surface area (Å²) in [6, 6.07) is 1.90. The number of nitrogens with one attached hydrogen (secondary N) is 2.